The Morgan fingerprint density at radius 3 is 2.91 bits per heavy atom. The lowest BCUT2D eigenvalue weighted by Crippen LogP contribution is -2.30. The molecule has 23 heavy (non-hydrogen) atoms. The molecule has 1 aromatic carbocycles. The molecule has 0 bridgehead atoms. The lowest BCUT2D eigenvalue weighted by atomic mass is 10.1. The Morgan fingerprint density at radius 1 is 1.30 bits per heavy atom. The fourth-order valence-electron chi connectivity index (χ4n) is 2.95. The molecule has 2 aromatic rings. The molecule has 0 saturated carbocycles. The van der Waals surface area contributed by atoms with Gasteiger partial charge in [-0.3, -0.25) is 10.1 Å². The topological polar surface area (TPSA) is 74.4 Å². The number of nitrogens with one attached hydrogen (secondary N) is 2. The molecule has 1 aromatic heterocycles. The molecule has 1 aliphatic heterocycles. The number of nitrogens with zero attached hydrogens (tertiary/aromatic N) is 1. The molecule has 1 atom stereocenters. The zero-order valence-corrected chi connectivity index (χ0v) is 12.9. The van der Waals surface area contributed by atoms with Gasteiger partial charge in [0.2, 0.25) is 0 Å². The maximum Gasteiger partial charge on any atom is 0.411 e. The van der Waals surface area contributed by atoms with Crippen molar-refractivity contribution in [1.29, 1.82) is 0 Å². The first-order valence-electron chi connectivity index (χ1n) is 7.58. The summed E-state index contributed by atoms with van der Waals surface area (Å²) in [7, 11) is 1.30. The Balaban J connectivity index is 1.79. The monoisotopic (exact) mass is 313 g/mol. The number of H-pyrrole nitrogens is 1. The highest BCUT2D eigenvalue weighted by Gasteiger charge is 2.31. The van der Waals surface area contributed by atoms with Crippen molar-refractivity contribution in [2.45, 2.75) is 18.9 Å². The van der Waals surface area contributed by atoms with Crippen molar-refractivity contribution in [2.24, 2.45) is 0 Å². The third-order valence-corrected chi connectivity index (χ3v) is 4.04. The number of carbonyl (C=O) groups excluding carboxylic acids is 2. The summed E-state index contributed by atoms with van der Waals surface area (Å²) in [6.45, 7) is 0.733. The van der Waals surface area contributed by atoms with Crippen LogP contribution in [0.15, 0.2) is 42.6 Å². The standard InChI is InChI=1S/C17H19N3O3/c1-23-17(22)19-13-6-2-5-12(11-13)16(21)20-10-4-8-15(20)14-7-3-9-18-14/h2-3,5-7,9,11,15,18H,4,8,10H2,1H3,(H,19,22). The average molecular weight is 313 g/mol. The number of ether oxygens (including phenoxy) is 1. The van der Waals surface area contributed by atoms with E-state index < -0.39 is 6.09 Å². The summed E-state index contributed by atoms with van der Waals surface area (Å²) in [6.07, 6.45) is 3.25. The minimum atomic E-state index is -0.556. The number of likely N-dealkylation sites (tertiary alicyclic amines) is 1. The van der Waals surface area contributed by atoms with Crippen LogP contribution >= 0.6 is 0 Å². The summed E-state index contributed by atoms with van der Waals surface area (Å²) < 4.78 is 4.57. The minimum absolute atomic E-state index is 0.0318. The van der Waals surface area contributed by atoms with Crippen LogP contribution in [0.5, 0.6) is 0 Å². The van der Waals surface area contributed by atoms with Crippen LogP contribution in [0.2, 0.25) is 0 Å². The number of hydrogen-bond donors (Lipinski definition) is 2. The molecule has 3 rings (SSSR count). The zero-order valence-electron chi connectivity index (χ0n) is 12.9. The predicted octanol–water partition coefficient (Wildman–Crippen LogP) is 3.17. The fraction of sp³-hybridized carbons (Fsp3) is 0.294. The first kappa shape index (κ1) is 15.1. The van der Waals surface area contributed by atoms with Crippen molar-refractivity contribution in [2.75, 3.05) is 19.0 Å². The van der Waals surface area contributed by atoms with Crippen LogP contribution < -0.4 is 5.32 Å². The van der Waals surface area contributed by atoms with E-state index in [1.807, 2.05) is 23.2 Å². The van der Waals surface area contributed by atoms with E-state index in [4.69, 9.17) is 0 Å². The van der Waals surface area contributed by atoms with E-state index in [1.165, 1.54) is 7.11 Å². The van der Waals surface area contributed by atoms with Gasteiger partial charge < -0.3 is 14.6 Å². The number of aromatic nitrogens is 1. The molecule has 120 valence electrons. The predicted molar refractivity (Wildman–Crippen MR) is 86.3 cm³/mol. The maximum absolute atomic E-state index is 12.8. The average Bonchev–Trinajstić information content (AvgIpc) is 3.25. The Labute approximate surface area is 134 Å². The number of carbonyl (C=O) groups is 2. The highest BCUT2D eigenvalue weighted by Crippen LogP contribution is 2.32. The van der Waals surface area contributed by atoms with Crippen molar-refractivity contribution in [1.82, 2.24) is 9.88 Å². The summed E-state index contributed by atoms with van der Waals surface area (Å²) in [5, 5.41) is 2.58. The number of amides is 2. The van der Waals surface area contributed by atoms with E-state index >= 15 is 0 Å². The Kier molecular flexibility index (Phi) is 4.32. The second kappa shape index (κ2) is 6.56. The van der Waals surface area contributed by atoms with Gasteiger partial charge in [0.25, 0.3) is 5.91 Å². The molecular formula is C17H19N3O3. The summed E-state index contributed by atoms with van der Waals surface area (Å²) in [6, 6.07) is 10.9. The zero-order chi connectivity index (χ0) is 16.2. The summed E-state index contributed by atoms with van der Waals surface area (Å²) in [4.78, 5) is 29.2. The number of benzene rings is 1. The Bertz CT molecular complexity index is 697. The van der Waals surface area contributed by atoms with Gasteiger partial charge in [-0.15, -0.1) is 0 Å². The molecule has 1 saturated heterocycles. The van der Waals surface area contributed by atoms with Gasteiger partial charge in [0.1, 0.15) is 0 Å². The Hall–Kier alpha value is -2.76. The molecule has 2 heterocycles. The molecule has 2 amide bonds. The van der Waals surface area contributed by atoms with Gasteiger partial charge in [0.05, 0.1) is 13.2 Å². The highest BCUT2D eigenvalue weighted by molar-refractivity contribution is 5.96. The number of methoxy groups -OCH3 is 1. The van der Waals surface area contributed by atoms with Crippen molar-refractivity contribution >= 4 is 17.7 Å². The van der Waals surface area contributed by atoms with Crippen LogP contribution in [0.4, 0.5) is 10.5 Å². The first-order valence-corrected chi connectivity index (χ1v) is 7.58. The van der Waals surface area contributed by atoms with Gasteiger partial charge in [0.15, 0.2) is 0 Å². The second-order valence-corrected chi connectivity index (χ2v) is 5.48. The molecule has 0 aliphatic carbocycles. The van der Waals surface area contributed by atoms with Crippen LogP contribution in [0.1, 0.15) is 34.9 Å². The van der Waals surface area contributed by atoms with E-state index in [-0.39, 0.29) is 11.9 Å². The van der Waals surface area contributed by atoms with Gasteiger partial charge in [-0.05, 0) is 43.2 Å². The maximum atomic E-state index is 12.8. The Morgan fingerprint density at radius 2 is 2.17 bits per heavy atom. The quantitative estimate of drug-likeness (QED) is 0.914. The van der Waals surface area contributed by atoms with E-state index in [9.17, 15) is 9.59 Å². The van der Waals surface area contributed by atoms with Crippen molar-refractivity contribution in [3.8, 4) is 0 Å². The van der Waals surface area contributed by atoms with E-state index in [0.29, 0.717) is 11.3 Å². The second-order valence-electron chi connectivity index (χ2n) is 5.48. The van der Waals surface area contributed by atoms with Crippen LogP contribution in [-0.2, 0) is 4.74 Å². The number of anilines is 1. The van der Waals surface area contributed by atoms with Gasteiger partial charge in [-0.25, -0.2) is 4.79 Å². The van der Waals surface area contributed by atoms with Crippen LogP contribution in [-0.4, -0.2) is 35.5 Å². The van der Waals surface area contributed by atoms with Crippen LogP contribution in [0, 0.1) is 0 Å². The van der Waals surface area contributed by atoms with Crippen LogP contribution in [0.3, 0.4) is 0 Å². The lowest BCUT2D eigenvalue weighted by Gasteiger charge is -2.24. The number of rotatable bonds is 3. The van der Waals surface area contributed by atoms with Gasteiger partial charge >= 0.3 is 6.09 Å². The van der Waals surface area contributed by atoms with E-state index in [0.717, 1.165) is 25.1 Å². The van der Waals surface area contributed by atoms with E-state index in [2.05, 4.69) is 15.0 Å². The summed E-state index contributed by atoms with van der Waals surface area (Å²) in [5.41, 5.74) is 2.15. The third kappa shape index (κ3) is 3.21. The smallest absolute Gasteiger partial charge is 0.411 e. The molecule has 2 N–H and O–H groups in total. The number of aromatic amines is 1. The molecule has 1 unspecified atom stereocenters. The normalized spacial score (nSPS) is 17.1. The van der Waals surface area contributed by atoms with Gasteiger partial charge in [0, 0.05) is 29.7 Å². The van der Waals surface area contributed by atoms with Crippen molar-refractivity contribution in [3.63, 3.8) is 0 Å². The lowest BCUT2D eigenvalue weighted by molar-refractivity contribution is 0.0733. The van der Waals surface area contributed by atoms with Gasteiger partial charge in [-0.1, -0.05) is 6.07 Å². The van der Waals surface area contributed by atoms with Crippen LogP contribution in [0.25, 0.3) is 0 Å². The largest absolute Gasteiger partial charge is 0.453 e. The molecule has 1 aliphatic rings. The van der Waals surface area contributed by atoms with Crippen molar-refractivity contribution in [3.05, 3.63) is 53.9 Å². The summed E-state index contributed by atoms with van der Waals surface area (Å²) in [5.74, 6) is -0.0318. The van der Waals surface area contributed by atoms with E-state index in [1.54, 1.807) is 24.3 Å². The third-order valence-electron chi connectivity index (χ3n) is 4.04. The molecule has 1 fully saturated rings. The SMILES string of the molecule is COC(=O)Nc1cccc(C(=O)N2CCCC2c2ccc[nH]2)c1. The number of hydrogen-bond acceptors (Lipinski definition) is 3. The molecule has 0 radical (unpaired) electrons. The highest BCUT2D eigenvalue weighted by atomic mass is 16.5. The fourth-order valence-corrected chi connectivity index (χ4v) is 2.95. The molecule has 6 heteroatoms. The first-order chi connectivity index (χ1) is 11.2. The minimum Gasteiger partial charge on any atom is -0.453 e. The van der Waals surface area contributed by atoms with Gasteiger partial charge in [-0.2, -0.15) is 0 Å². The van der Waals surface area contributed by atoms with Crippen molar-refractivity contribution < 1.29 is 14.3 Å². The summed E-state index contributed by atoms with van der Waals surface area (Å²) >= 11 is 0. The molecule has 0 spiro atoms. The molecular weight excluding hydrogens is 294 g/mol. The molecule has 6 nitrogen and oxygen atoms in total.